The van der Waals surface area contributed by atoms with Crippen LogP contribution < -0.4 is 0 Å². The molecule has 1 aliphatic heterocycles. The highest BCUT2D eigenvalue weighted by Crippen LogP contribution is 2.45. The zero-order valence-corrected chi connectivity index (χ0v) is 12.3. The van der Waals surface area contributed by atoms with Gasteiger partial charge in [0, 0.05) is 16.5 Å². The lowest BCUT2D eigenvalue weighted by Gasteiger charge is -2.24. The van der Waals surface area contributed by atoms with Crippen LogP contribution in [-0.2, 0) is 0 Å². The molecule has 1 heterocycles. The van der Waals surface area contributed by atoms with Crippen LogP contribution in [0, 0.1) is 11.8 Å². The summed E-state index contributed by atoms with van der Waals surface area (Å²) in [5.41, 5.74) is 1.58. The molecule has 1 aromatic carbocycles. The summed E-state index contributed by atoms with van der Waals surface area (Å²) in [5.74, 6) is 4.51. The molecule has 1 saturated carbocycles. The Balaban J connectivity index is 1.69. The average Bonchev–Trinajstić information content (AvgIpc) is 3.06. The molecule has 0 amide bonds. The van der Waals surface area contributed by atoms with E-state index in [-0.39, 0.29) is 0 Å². The smallest absolute Gasteiger partial charge is 0.0254 e. The Hall–Kier alpha value is -0.140. The van der Waals surface area contributed by atoms with E-state index < -0.39 is 0 Å². The predicted octanol–water partition coefficient (Wildman–Crippen LogP) is 5.31. The Labute approximate surface area is 119 Å². The first-order valence-corrected chi connectivity index (χ1v) is 8.68. The maximum atomic E-state index is 6.25. The van der Waals surface area contributed by atoms with E-state index in [4.69, 9.17) is 11.6 Å². The number of hydrogen-bond donors (Lipinski definition) is 0. The van der Waals surface area contributed by atoms with Crippen molar-refractivity contribution in [3.8, 4) is 0 Å². The van der Waals surface area contributed by atoms with Crippen LogP contribution in [0.15, 0.2) is 29.2 Å². The topological polar surface area (TPSA) is 0 Å². The molecule has 0 saturated heterocycles. The van der Waals surface area contributed by atoms with Gasteiger partial charge in [0.1, 0.15) is 0 Å². The van der Waals surface area contributed by atoms with E-state index in [1.54, 1.807) is 5.56 Å². The summed E-state index contributed by atoms with van der Waals surface area (Å²) in [6.07, 6.45) is 6.98. The van der Waals surface area contributed by atoms with Crippen molar-refractivity contribution >= 4 is 23.4 Å². The predicted molar refractivity (Wildman–Crippen MR) is 80.7 cm³/mol. The summed E-state index contributed by atoms with van der Waals surface area (Å²) in [6.45, 7) is 0. The standard InChI is InChI=1S/C16H21ClS/c17-10-13(12-5-1-2-6-12)9-14-11-18-16-8-4-3-7-15(14)16/h3-4,7-8,12-14H,1-2,5-6,9-11H2. The second-order valence-electron chi connectivity index (χ2n) is 5.74. The van der Waals surface area contributed by atoms with E-state index in [1.807, 2.05) is 11.8 Å². The molecule has 1 aromatic rings. The Morgan fingerprint density at radius 1 is 1.22 bits per heavy atom. The quantitative estimate of drug-likeness (QED) is 0.674. The molecule has 98 valence electrons. The fraction of sp³-hybridized carbons (Fsp3) is 0.625. The van der Waals surface area contributed by atoms with Gasteiger partial charge in [0.2, 0.25) is 0 Å². The summed E-state index contributed by atoms with van der Waals surface area (Å²) >= 11 is 8.27. The first kappa shape index (κ1) is 12.9. The van der Waals surface area contributed by atoms with Gasteiger partial charge in [0.05, 0.1) is 0 Å². The Kier molecular flexibility index (Phi) is 4.20. The van der Waals surface area contributed by atoms with Gasteiger partial charge in [0.15, 0.2) is 0 Å². The molecule has 2 aliphatic rings. The minimum Gasteiger partial charge on any atom is -0.126 e. The molecular weight excluding hydrogens is 260 g/mol. The molecule has 2 heteroatoms. The van der Waals surface area contributed by atoms with Crippen molar-refractivity contribution in [2.75, 3.05) is 11.6 Å². The van der Waals surface area contributed by atoms with Crippen molar-refractivity contribution in [2.45, 2.75) is 42.9 Å². The van der Waals surface area contributed by atoms with Gasteiger partial charge in [-0.3, -0.25) is 0 Å². The van der Waals surface area contributed by atoms with Gasteiger partial charge < -0.3 is 0 Å². The van der Waals surface area contributed by atoms with Crippen LogP contribution in [0.3, 0.4) is 0 Å². The van der Waals surface area contributed by atoms with Crippen molar-refractivity contribution in [3.05, 3.63) is 29.8 Å². The number of hydrogen-bond acceptors (Lipinski definition) is 1. The average molecular weight is 281 g/mol. The molecule has 18 heavy (non-hydrogen) atoms. The van der Waals surface area contributed by atoms with Gasteiger partial charge in [0.25, 0.3) is 0 Å². The van der Waals surface area contributed by atoms with Gasteiger partial charge in [-0.1, -0.05) is 43.9 Å². The third-order valence-corrected chi connectivity index (χ3v) is 6.30. The van der Waals surface area contributed by atoms with E-state index in [9.17, 15) is 0 Å². The van der Waals surface area contributed by atoms with Gasteiger partial charge in [-0.05, 0) is 35.8 Å². The zero-order chi connectivity index (χ0) is 12.4. The normalized spacial score (nSPS) is 25.3. The Morgan fingerprint density at radius 3 is 2.78 bits per heavy atom. The number of rotatable bonds is 4. The van der Waals surface area contributed by atoms with Crippen LogP contribution in [0.4, 0.5) is 0 Å². The van der Waals surface area contributed by atoms with Crippen molar-refractivity contribution in [1.29, 1.82) is 0 Å². The van der Waals surface area contributed by atoms with Crippen LogP contribution in [0.1, 0.15) is 43.6 Å². The molecule has 0 bridgehead atoms. The third-order valence-electron chi connectivity index (χ3n) is 4.65. The van der Waals surface area contributed by atoms with Crippen LogP contribution in [0.5, 0.6) is 0 Å². The monoisotopic (exact) mass is 280 g/mol. The molecule has 2 unspecified atom stereocenters. The van der Waals surface area contributed by atoms with E-state index in [1.165, 1.54) is 42.8 Å². The molecule has 0 N–H and O–H groups in total. The first-order chi connectivity index (χ1) is 8.88. The lowest BCUT2D eigenvalue weighted by Crippen LogP contribution is -2.17. The largest absolute Gasteiger partial charge is 0.126 e. The molecular formula is C16H21ClS. The molecule has 1 aliphatic carbocycles. The van der Waals surface area contributed by atoms with Crippen molar-refractivity contribution in [3.63, 3.8) is 0 Å². The second kappa shape index (κ2) is 5.88. The minimum absolute atomic E-state index is 0.742. The van der Waals surface area contributed by atoms with Gasteiger partial charge in [-0.2, -0.15) is 0 Å². The molecule has 0 radical (unpaired) electrons. The van der Waals surface area contributed by atoms with Crippen molar-refractivity contribution < 1.29 is 0 Å². The van der Waals surface area contributed by atoms with Gasteiger partial charge in [-0.25, -0.2) is 0 Å². The number of thioether (sulfide) groups is 1. The Bertz CT molecular complexity index is 398. The molecule has 1 fully saturated rings. The van der Waals surface area contributed by atoms with Crippen LogP contribution in [-0.4, -0.2) is 11.6 Å². The summed E-state index contributed by atoms with van der Waals surface area (Å²) in [7, 11) is 0. The van der Waals surface area contributed by atoms with E-state index >= 15 is 0 Å². The summed E-state index contributed by atoms with van der Waals surface area (Å²) in [4.78, 5) is 1.50. The number of halogens is 1. The van der Waals surface area contributed by atoms with Crippen molar-refractivity contribution in [1.82, 2.24) is 0 Å². The highest BCUT2D eigenvalue weighted by atomic mass is 35.5. The minimum atomic E-state index is 0.742. The van der Waals surface area contributed by atoms with E-state index in [0.29, 0.717) is 0 Å². The lowest BCUT2D eigenvalue weighted by atomic mass is 9.83. The number of alkyl halides is 1. The SMILES string of the molecule is ClCC(CC1CSc2ccccc21)C1CCCC1. The number of benzene rings is 1. The fourth-order valence-electron chi connectivity index (χ4n) is 3.60. The molecule has 2 atom stereocenters. The van der Waals surface area contributed by atoms with E-state index in [2.05, 4.69) is 24.3 Å². The van der Waals surface area contributed by atoms with Crippen molar-refractivity contribution in [2.24, 2.45) is 11.8 Å². The van der Waals surface area contributed by atoms with Crippen LogP contribution >= 0.6 is 23.4 Å². The molecule has 0 aromatic heterocycles. The van der Waals surface area contributed by atoms with Crippen LogP contribution in [0.2, 0.25) is 0 Å². The highest BCUT2D eigenvalue weighted by molar-refractivity contribution is 7.99. The summed E-state index contributed by atoms with van der Waals surface area (Å²) < 4.78 is 0. The summed E-state index contributed by atoms with van der Waals surface area (Å²) in [5, 5.41) is 0. The summed E-state index contributed by atoms with van der Waals surface area (Å²) in [6, 6.07) is 8.93. The third kappa shape index (κ3) is 2.58. The molecule has 3 rings (SSSR count). The maximum absolute atomic E-state index is 6.25. The second-order valence-corrected chi connectivity index (χ2v) is 7.11. The van der Waals surface area contributed by atoms with Gasteiger partial charge >= 0.3 is 0 Å². The zero-order valence-electron chi connectivity index (χ0n) is 10.8. The first-order valence-electron chi connectivity index (χ1n) is 7.16. The number of fused-ring (bicyclic) bond motifs is 1. The Morgan fingerprint density at radius 2 is 2.00 bits per heavy atom. The molecule has 0 spiro atoms. The highest BCUT2D eigenvalue weighted by Gasteiger charge is 2.30. The van der Waals surface area contributed by atoms with E-state index in [0.717, 1.165) is 23.6 Å². The maximum Gasteiger partial charge on any atom is 0.0254 e. The fourth-order valence-corrected chi connectivity index (χ4v) is 5.25. The lowest BCUT2D eigenvalue weighted by molar-refractivity contribution is 0.333. The molecule has 0 nitrogen and oxygen atoms in total. The van der Waals surface area contributed by atoms with Crippen LogP contribution in [0.25, 0.3) is 0 Å². The van der Waals surface area contributed by atoms with Gasteiger partial charge in [-0.15, -0.1) is 23.4 Å².